The third-order valence-corrected chi connectivity index (χ3v) is 5.32. The predicted molar refractivity (Wildman–Crippen MR) is 116 cm³/mol. The lowest BCUT2D eigenvalue weighted by Gasteiger charge is -2.22. The second-order valence-corrected chi connectivity index (χ2v) is 7.21. The second-order valence-electron chi connectivity index (χ2n) is 6.16. The standard InChI is InChI=1S/C23H25NO4S/c1-3-5-7-14-21(25)24(15-10-11-16-28-4-2)19-17-20(29-22(19)23(26)27)18-12-8-6-9-13-18/h3,12,14-17,21,25H,4,6,8-9,13H2,1-2H3,(H,26,27)/t21-/m1/s1. The van der Waals surface area contributed by atoms with E-state index in [9.17, 15) is 15.0 Å². The first kappa shape index (κ1) is 22.4. The van der Waals surface area contributed by atoms with E-state index in [4.69, 9.17) is 4.74 Å². The molecule has 152 valence electrons. The van der Waals surface area contributed by atoms with Crippen LogP contribution < -0.4 is 4.90 Å². The molecule has 29 heavy (non-hydrogen) atoms. The van der Waals surface area contributed by atoms with Crippen LogP contribution >= 0.6 is 11.3 Å². The van der Waals surface area contributed by atoms with Gasteiger partial charge >= 0.3 is 5.97 Å². The van der Waals surface area contributed by atoms with E-state index in [-0.39, 0.29) is 4.88 Å². The lowest BCUT2D eigenvalue weighted by molar-refractivity contribution is 0.0702. The summed E-state index contributed by atoms with van der Waals surface area (Å²) in [5, 5.41) is 20.4. The molecule has 2 N–H and O–H groups in total. The van der Waals surface area contributed by atoms with Crippen LogP contribution in [0, 0.1) is 0 Å². The SMILES string of the molecule is CC=C=C=C[C@@H](O)N(C=C=C=COCC)c1cc(C2=CCCCC2)sc1C(=O)O. The molecular formula is C23H25NO4S. The highest BCUT2D eigenvalue weighted by Gasteiger charge is 2.24. The molecule has 0 aromatic carbocycles. The van der Waals surface area contributed by atoms with Crippen LogP contribution in [0.15, 0.2) is 59.7 Å². The third kappa shape index (κ3) is 6.57. The van der Waals surface area contributed by atoms with Gasteiger partial charge in [0.25, 0.3) is 0 Å². The van der Waals surface area contributed by atoms with E-state index in [0.29, 0.717) is 12.3 Å². The van der Waals surface area contributed by atoms with Gasteiger partial charge in [-0.05, 0) is 68.7 Å². The van der Waals surface area contributed by atoms with Gasteiger partial charge in [-0.3, -0.25) is 0 Å². The fourth-order valence-corrected chi connectivity index (χ4v) is 3.85. The smallest absolute Gasteiger partial charge is 0.348 e. The fraction of sp³-hybridized carbons (Fsp3) is 0.348. The summed E-state index contributed by atoms with van der Waals surface area (Å²) in [4.78, 5) is 14.4. The molecule has 6 heteroatoms. The summed E-state index contributed by atoms with van der Waals surface area (Å²) >= 11 is 1.22. The molecule has 1 atom stereocenters. The van der Waals surface area contributed by atoms with E-state index < -0.39 is 12.2 Å². The average Bonchev–Trinajstić information content (AvgIpc) is 3.17. The van der Waals surface area contributed by atoms with E-state index in [1.807, 2.05) is 13.0 Å². The Hall–Kier alpha value is -2.93. The molecule has 0 amide bonds. The topological polar surface area (TPSA) is 70.0 Å². The number of rotatable bonds is 8. The van der Waals surface area contributed by atoms with Crippen LogP contribution in [0.4, 0.5) is 5.69 Å². The van der Waals surface area contributed by atoms with Crippen molar-refractivity contribution in [3.63, 3.8) is 0 Å². The van der Waals surface area contributed by atoms with Crippen LogP contribution in [-0.4, -0.2) is 29.0 Å². The van der Waals surface area contributed by atoms with Crippen molar-refractivity contribution in [2.45, 2.75) is 45.8 Å². The summed E-state index contributed by atoms with van der Waals surface area (Å²) < 4.78 is 5.07. The minimum Gasteiger partial charge on any atom is -0.493 e. The van der Waals surface area contributed by atoms with Gasteiger partial charge in [-0.25, -0.2) is 4.79 Å². The molecule has 0 bridgehead atoms. The van der Waals surface area contributed by atoms with Crippen LogP contribution in [0.2, 0.25) is 0 Å². The summed E-state index contributed by atoms with van der Waals surface area (Å²) in [6.45, 7) is 4.14. The molecule has 0 saturated heterocycles. The van der Waals surface area contributed by atoms with Crippen molar-refractivity contribution in [2.24, 2.45) is 0 Å². The molecule has 1 aliphatic rings. The van der Waals surface area contributed by atoms with Gasteiger partial charge < -0.3 is 19.8 Å². The third-order valence-electron chi connectivity index (χ3n) is 4.13. The van der Waals surface area contributed by atoms with Crippen LogP contribution in [0.25, 0.3) is 5.57 Å². The minimum absolute atomic E-state index is 0.153. The van der Waals surface area contributed by atoms with Crippen molar-refractivity contribution in [3.8, 4) is 0 Å². The maximum atomic E-state index is 11.9. The molecule has 1 aromatic heterocycles. The first-order valence-electron chi connectivity index (χ1n) is 9.51. The van der Waals surface area contributed by atoms with E-state index in [2.05, 4.69) is 29.0 Å². The summed E-state index contributed by atoms with van der Waals surface area (Å²) in [5.74, 6) is -1.04. The molecule has 0 fully saturated rings. The van der Waals surface area contributed by atoms with Crippen molar-refractivity contribution in [3.05, 3.63) is 69.4 Å². The first-order chi connectivity index (χ1) is 14.1. The zero-order valence-corrected chi connectivity index (χ0v) is 17.5. The molecule has 0 saturated carbocycles. The number of hydrogen-bond acceptors (Lipinski definition) is 5. The summed E-state index contributed by atoms with van der Waals surface area (Å²) in [5.41, 5.74) is 12.5. The Balaban J connectivity index is 2.54. The summed E-state index contributed by atoms with van der Waals surface area (Å²) in [7, 11) is 0. The zero-order valence-electron chi connectivity index (χ0n) is 16.6. The highest BCUT2D eigenvalue weighted by atomic mass is 32.1. The Morgan fingerprint density at radius 3 is 2.83 bits per heavy atom. The summed E-state index contributed by atoms with van der Waals surface area (Å²) in [6, 6.07) is 1.81. The highest BCUT2D eigenvalue weighted by Crippen LogP contribution is 2.38. The van der Waals surface area contributed by atoms with Gasteiger partial charge in [0.05, 0.1) is 18.5 Å². The van der Waals surface area contributed by atoms with Crippen LogP contribution in [-0.2, 0) is 4.74 Å². The van der Waals surface area contributed by atoms with Crippen molar-refractivity contribution >= 4 is 28.6 Å². The molecule has 0 spiro atoms. The largest absolute Gasteiger partial charge is 0.493 e. The van der Waals surface area contributed by atoms with Gasteiger partial charge in [0, 0.05) is 11.0 Å². The van der Waals surface area contributed by atoms with E-state index in [1.165, 1.54) is 34.8 Å². The monoisotopic (exact) mass is 411 g/mol. The molecule has 0 aliphatic heterocycles. The number of carboxylic acid groups (broad SMARTS) is 1. The van der Waals surface area contributed by atoms with Gasteiger partial charge in [0.2, 0.25) is 0 Å². The van der Waals surface area contributed by atoms with Crippen LogP contribution in [0.3, 0.4) is 0 Å². The Morgan fingerprint density at radius 2 is 2.17 bits per heavy atom. The lowest BCUT2D eigenvalue weighted by atomic mass is 9.98. The number of carbonyl (C=O) groups is 1. The second kappa shape index (κ2) is 11.8. The first-order valence-corrected chi connectivity index (χ1v) is 10.3. The zero-order chi connectivity index (χ0) is 21.1. The van der Waals surface area contributed by atoms with E-state index in [0.717, 1.165) is 36.1 Å². The van der Waals surface area contributed by atoms with Gasteiger partial charge in [0.15, 0.2) is 6.23 Å². The molecular weight excluding hydrogens is 386 g/mol. The van der Waals surface area contributed by atoms with Crippen molar-refractivity contribution in [1.82, 2.24) is 0 Å². The predicted octanol–water partition coefficient (Wildman–Crippen LogP) is 5.23. The maximum absolute atomic E-state index is 11.9. The fourth-order valence-electron chi connectivity index (χ4n) is 2.79. The normalized spacial score (nSPS) is 13.4. The number of aliphatic hydroxyl groups excluding tert-OH is 1. The Bertz CT molecular complexity index is 946. The number of aromatic carboxylic acids is 1. The number of anilines is 1. The molecule has 5 nitrogen and oxygen atoms in total. The van der Waals surface area contributed by atoms with Crippen LogP contribution in [0.5, 0.6) is 0 Å². The van der Waals surface area contributed by atoms with Crippen LogP contribution in [0.1, 0.15) is 54.1 Å². The lowest BCUT2D eigenvalue weighted by Crippen LogP contribution is -2.28. The molecule has 2 rings (SSSR count). The van der Waals surface area contributed by atoms with Crippen molar-refractivity contribution in [1.29, 1.82) is 0 Å². The Morgan fingerprint density at radius 1 is 1.34 bits per heavy atom. The van der Waals surface area contributed by atoms with E-state index >= 15 is 0 Å². The number of hydrogen-bond donors (Lipinski definition) is 2. The quantitative estimate of drug-likeness (QED) is 0.348. The number of carboxylic acids is 1. The Kier molecular flexibility index (Phi) is 9.11. The minimum atomic E-state index is -1.15. The number of aliphatic hydroxyl groups is 1. The van der Waals surface area contributed by atoms with Gasteiger partial charge in [-0.2, -0.15) is 0 Å². The molecule has 1 aliphatic carbocycles. The number of allylic oxidation sites excluding steroid dienone is 3. The molecule has 0 unspecified atom stereocenters. The van der Waals surface area contributed by atoms with Gasteiger partial charge in [-0.1, -0.05) is 17.5 Å². The number of ether oxygens (including phenoxy) is 1. The molecule has 1 aromatic rings. The molecule has 1 heterocycles. The highest BCUT2D eigenvalue weighted by molar-refractivity contribution is 7.15. The summed E-state index contributed by atoms with van der Waals surface area (Å²) in [6.07, 6.45) is 11.1. The average molecular weight is 412 g/mol. The maximum Gasteiger partial charge on any atom is 0.348 e. The molecule has 0 radical (unpaired) electrons. The number of thiophene rings is 1. The Labute approximate surface area is 175 Å². The van der Waals surface area contributed by atoms with Crippen molar-refractivity contribution < 1.29 is 19.7 Å². The number of nitrogens with zero attached hydrogens (tertiary/aromatic N) is 1. The van der Waals surface area contributed by atoms with Gasteiger partial charge in [0.1, 0.15) is 11.1 Å². The van der Waals surface area contributed by atoms with Crippen molar-refractivity contribution in [2.75, 3.05) is 11.5 Å². The van der Waals surface area contributed by atoms with Gasteiger partial charge in [-0.15, -0.1) is 11.3 Å². The van der Waals surface area contributed by atoms with E-state index in [1.54, 1.807) is 13.0 Å².